The Kier molecular flexibility index (Phi) is 3.05. The molecule has 0 aliphatic rings. The van der Waals surface area contributed by atoms with E-state index in [-0.39, 0.29) is 0 Å². The third kappa shape index (κ3) is 2.19. The van der Waals surface area contributed by atoms with Crippen molar-refractivity contribution in [1.82, 2.24) is 9.78 Å². The summed E-state index contributed by atoms with van der Waals surface area (Å²) in [5.41, 5.74) is 8.00. The van der Waals surface area contributed by atoms with Crippen LogP contribution >= 0.6 is 15.9 Å². The Morgan fingerprint density at radius 2 is 1.95 bits per heavy atom. The molecule has 0 unspecified atom stereocenters. The van der Waals surface area contributed by atoms with Gasteiger partial charge in [-0.05, 0) is 52.3 Å². The van der Waals surface area contributed by atoms with Gasteiger partial charge in [-0.3, -0.25) is 0 Å². The Hall–Kier alpha value is -2.52. The van der Waals surface area contributed by atoms with Crippen LogP contribution in [-0.2, 0) is 0 Å². The minimum Gasteiger partial charge on any atom is -0.448 e. The molecule has 1 aromatic carbocycles. The zero-order chi connectivity index (χ0) is 14.1. The SMILES string of the molecule is N#Cc1ccc(-n2nc(-c3ccc(Br)o3)cc2N)cc1. The highest BCUT2D eigenvalue weighted by Crippen LogP contribution is 2.26. The predicted octanol–water partition coefficient (Wildman–Crippen LogP) is 3.35. The molecule has 0 aliphatic carbocycles. The second kappa shape index (κ2) is 4.87. The molecule has 2 N–H and O–H groups in total. The molecule has 0 fully saturated rings. The highest BCUT2D eigenvalue weighted by atomic mass is 79.9. The maximum Gasteiger partial charge on any atom is 0.169 e. The second-order valence-corrected chi connectivity index (χ2v) is 4.91. The van der Waals surface area contributed by atoms with Gasteiger partial charge < -0.3 is 10.2 Å². The van der Waals surface area contributed by atoms with Crippen LogP contribution in [0.1, 0.15) is 5.56 Å². The van der Waals surface area contributed by atoms with E-state index in [9.17, 15) is 0 Å². The van der Waals surface area contributed by atoms with E-state index in [2.05, 4.69) is 27.1 Å². The molecule has 6 heteroatoms. The largest absolute Gasteiger partial charge is 0.448 e. The van der Waals surface area contributed by atoms with Crippen LogP contribution < -0.4 is 5.73 Å². The molecule has 2 aromatic heterocycles. The van der Waals surface area contributed by atoms with Crippen LogP contribution in [0.3, 0.4) is 0 Å². The number of aromatic nitrogens is 2. The minimum atomic E-state index is 0.497. The summed E-state index contributed by atoms with van der Waals surface area (Å²) in [7, 11) is 0. The van der Waals surface area contributed by atoms with Crippen molar-refractivity contribution in [3.05, 3.63) is 52.7 Å². The molecule has 5 nitrogen and oxygen atoms in total. The van der Waals surface area contributed by atoms with Gasteiger partial charge in [0.05, 0.1) is 17.3 Å². The molecule has 3 rings (SSSR count). The molecule has 0 atom stereocenters. The third-order valence-electron chi connectivity index (χ3n) is 2.80. The molecule has 0 bridgehead atoms. The number of furan rings is 1. The molecule has 0 amide bonds. The maximum atomic E-state index is 8.79. The summed E-state index contributed by atoms with van der Waals surface area (Å²) in [5, 5.41) is 13.2. The molecular weight excluding hydrogens is 320 g/mol. The number of hydrogen-bond donors (Lipinski definition) is 1. The lowest BCUT2D eigenvalue weighted by Gasteiger charge is -2.03. The van der Waals surface area contributed by atoms with Crippen molar-refractivity contribution in [2.24, 2.45) is 0 Å². The molecule has 20 heavy (non-hydrogen) atoms. The van der Waals surface area contributed by atoms with Crippen molar-refractivity contribution in [1.29, 1.82) is 5.26 Å². The van der Waals surface area contributed by atoms with E-state index < -0.39 is 0 Å². The van der Waals surface area contributed by atoms with Gasteiger partial charge in [-0.25, -0.2) is 4.68 Å². The zero-order valence-corrected chi connectivity index (χ0v) is 11.8. The lowest BCUT2D eigenvalue weighted by Crippen LogP contribution is -2.01. The first-order valence-electron chi connectivity index (χ1n) is 5.79. The number of rotatable bonds is 2. The van der Waals surface area contributed by atoms with E-state index in [0.29, 0.717) is 27.5 Å². The van der Waals surface area contributed by atoms with Gasteiger partial charge in [0.2, 0.25) is 0 Å². The van der Waals surface area contributed by atoms with Crippen molar-refractivity contribution in [3.63, 3.8) is 0 Å². The van der Waals surface area contributed by atoms with Gasteiger partial charge in [0.25, 0.3) is 0 Å². The van der Waals surface area contributed by atoms with Crippen LogP contribution in [0.4, 0.5) is 5.82 Å². The second-order valence-electron chi connectivity index (χ2n) is 4.13. The standard InChI is InChI=1S/C14H9BrN4O/c15-13-6-5-12(20-13)11-7-14(17)19(18-11)10-3-1-9(8-16)2-4-10/h1-7H,17H2. The molecule has 3 aromatic rings. The third-order valence-corrected chi connectivity index (χ3v) is 3.23. The summed E-state index contributed by atoms with van der Waals surface area (Å²) in [4.78, 5) is 0. The van der Waals surface area contributed by atoms with Crippen molar-refractivity contribution in [3.8, 4) is 23.2 Å². The summed E-state index contributed by atoms with van der Waals surface area (Å²) < 4.78 is 7.69. The predicted molar refractivity (Wildman–Crippen MR) is 78.1 cm³/mol. The topological polar surface area (TPSA) is 80.8 Å². The summed E-state index contributed by atoms with van der Waals surface area (Å²) in [6.07, 6.45) is 0. The van der Waals surface area contributed by atoms with Gasteiger partial charge in [-0.2, -0.15) is 10.4 Å². The maximum absolute atomic E-state index is 8.79. The van der Waals surface area contributed by atoms with Crippen LogP contribution in [0.2, 0.25) is 0 Å². The van der Waals surface area contributed by atoms with Gasteiger partial charge >= 0.3 is 0 Å². The Morgan fingerprint density at radius 1 is 1.20 bits per heavy atom. The Morgan fingerprint density at radius 3 is 2.55 bits per heavy atom. The van der Waals surface area contributed by atoms with Crippen molar-refractivity contribution < 1.29 is 4.42 Å². The number of anilines is 1. The van der Waals surface area contributed by atoms with Crippen LogP contribution in [0.25, 0.3) is 17.1 Å². The quantitative estimate of drug-likeness (QED) is 0.782. The molecule has 0 aliphatic heterocycles. The number of benzene rings is 1. The molecule has 0 saturated carbocycles. The summed E-state index contributed by atoms with van der Waals surface area (Å²) in [6.45, 7) is 0. The fourth-order valence-electron chi connectivity index (χ4n) is 1.85. The van der Waals surface area contributed by atoms with Crippen LogP contribution in [-0.4, -0.2) is 9.78 Å². The van der Waals surface area contributed by atoms with Crippen LogP contribution in [0, 0.1) is 11.3 Å². The van der Waals surface area contributed by atoms with E-state index in [4.69, 9.17) is 15.4 Å². The number of nitrogens with zero attached hydrogens (tertiary/aromatic N) is 3. The van der Waals surface area contributed by atoms with Gasteiger partial charge in [-0.15, -0.1) is 0 Å². The number of nitrogen functional groups attached to an aromatic ring is 1. The molecular formula is C14H9BrN4O. The van der Waals surface area contributed by atoms with Gasteiger partial charge in [0.15, 0.2) is 10.4 Å². The number of halogens is 1. The van der Waals surface area contributed by atoms with E-state index in [1.54, 1.807) is 41.1 Å². The van der Waals surface area contributed by atoms with E-state index >= 15 is 0 Å². The van der Waals surface area contributed by atoms with Gasteiger partial charge in [0.1, 0.15) is 11.5 Å². The van der Waals surface area contributed by atoms with Crippen LogP contribution in [0.5, 0.6) is 0 Å². The molecule has 0 saturated heterocycles. The molecule has 0 radical (unpaired) electrons. The van der Waals surface area contributed by atoms with Crippen molar-refractivity contribution in [2.45, 2.75) is 0 Å². The number of nitrogens with two attached hydrogens (primary N) is 1. The summed E-state index contributed by atoms with van der Waals surface area (Å²) in [5.74, 6) is 1.13. The highest BCUT2D eigenvalue weighted by Gasteiger charge is 2.11. The number of nitriles is 1. The monoisotopic (exact) mass is 328 g/mol. The number of hydrogen-bond acceptors (Lipinski definition) is 4. The lowest BCUT2D eigenvalue weighted by molar-refractivity contribution is 0.553. The van der Waals surface area contributed by atoms with E-state index in [0.717, 1.165) is 5.69 Å². The average molecular weight is 329 g/mol. The lowest BCUT2D eigenvalue weighted by atomic mass is 10.2. The smallest absolute Gasteiger partial charge is 0.169 e. The Balaban J connectivity index is 2.02. The zero-order valence-electron chi connectivity index (χ0n) is 10.2. The molecule has 2 heterocycles. The molecule has 98 valence electrons. The first kappa shape index (κ1) is 12.5. The van der Waals surface area contributed by atoms with Crippen LogP contribution in [0.15, 0.2) is 51.6 Å². The summed E-state index contributed by atoms with van der Waals surface area (Å²) >= 11 is 3.25. The normalized spacial score (nSPS) is 10.4. The van der Waals surface area contributed by atoms with Gasteiger partial charge in [0, 0.05) is 6.07 Å². The van der Waals surface area contributed by atoms with E-state index in [1.807, 2.05) is 6.07 Å². The fourth-order valence-corrected chi connectivity index (χ4v) is 2.16. The Bertz CT molecular complexity index is 795. The molecule has 0 spiro atoms. The van der Waals surface area contributed by atoms with Crippen molar-refractivity contribution >= 4 is 21.7 Å². The minimum absolute atomic E-state index is 0.497. The van der Waals surface area contributed by atoms with Gasteiger partial charge in [-0.1, -0.05) is 0 Å². The van der Waals surface area contributed by atoms with Crippen molar-refractivity contribution in [2.75, 3.05) is 5.73 Å². The highest BCUT2D eigenvalue weighted by molar-refractivity contribution is 9.10. The van der Waals surface area contributed by atoms with E-state index in [1.165, 1.54) is 0 Å². The Labute approximate surface area is 123 Å². The summed E-state index contributed by atoms with van der Waals surface area (Å²) in [6, 6.07) is 14.5. The first-order valence-corrected chi connectivity index (χ1v) is 6.58. The average Bonchev–Trinajstić information content (AvgIpc) is 3.05. The first-order chi connectivity index (χ1) is 9.67. The fraction of sp³-hybridized carbons (Fsp3) is 0.